The Hall–Kier alpha value is -2.17. The fourth-order valence-corrected chi connectivity index (χ4v) is 2.64. The number of ether oxygens (including phenoxy) is 2. The summed E-state index contributed by atoms with van der Waals surface area (Å²) < 4.78 is 10.1. The van der Waals surface area contributed by atoms with E-state index in [-0.39, 0.29) is 26.1 Å². The molecule has 1 rings (SSSR count). The Bertz CT molecular complexity index is 506. The predicted octanol–water partition coefficient (Wildman–Crippen LogP) is 3.10. The molecule has 0 N–H and O–H groups in total. The van der Waals surface area contributed by atoms with Crippen LogP contribution >= 0.6 is 0 Å². The minimum Gasteiger partial charge on any atom is -0.465 e. The van der Waals surface area contributed by atoms with Crippen LogP contribution in [0, 0.1) is 5.41 Å². The number of benzene rings is 1. The Morgan fingerprint density at radius 3 is 2.08 bits per heavy atom. The van der Waals surface area contributed by atoms with Crippen molar-refractivity contribution in [2.24, 2.45) is 5.41 Å². The van der Waals surface area contributed by atoms with Gasteiger partial charge in [0.25, 0.3) is 0 Å². The molecule has 0 amide bonds. The van der Waals surface area contributed by atoms with Gasteiger partial charge in [-0.3, -0.25) is 9.59 Å². The molecule has 1 aromatic carbocycles. The minimum absolute atomic E-state index is 0.156. The highest BCUT2D eigenvalue weighted by Gasteiger charge is 2.48. The predicted molar refractivity (Wildman–Crippen MR) is 90.4 cm³/mol. The standard InChI is InChI=1S/C19H26O5/c1-3-23-17(21)19(14-15-20,18(22)24-4-2)13-9-8-12-16-10-6-5-7-11-16/h5-7,10-11,15H,3-4,8-9,12-14H2,1-2H3. The number of unbranched alkanes of at least 4 members (excludes halogenated alkanes) is 1. The molecule has 0 spiro atoms. The van der Waals surface area contributed by atoms with Crippen LogP contribution in [0.25, 0.3) is 0 Å². The van der Waals surface area contributed by atoms with Gasteiger partial charge in [-0.2, -0.15) is 0 Å². The van der Waals surface area contributed by atoms with Gasteiger partial charge in [-0.25, -0.2) is 0 Å². The van der Waals surface area contributed by atoms with Crippen LogP contribution < -0.4 is 0 Å². The Morgan fingerprint density at radius 2 is 1.58 bits per heavy atom. The van der Waals surface area contributed by atoms with E-state index in [1.54, 1.807) is 13.8 Å². The maximum absolute atomic E-state index is 12.4. The van der Waals surface area contributed by atoms with Crippen LogP contribution in [0.3, 0.4) is 0 Å². The Morgan fingerprint density at radius 1 is 1.00 bits per heavy atom. The van der Waals surface area contributed by atoms with Crippen LogP contribution in [0.1, 0.15) is 45.1 Å². The Balaban J connectivity index is 2.77. The van der Waals surface area contributed by atoms with Crippen LogP contribution in [0.2, 0.25) is 0 Å². The molecule has 1 aromatic rings. The van der Waals surface area contributed by atoms with Crippen LogP contribution in [-0.2, 0) is 30.3 Å². The average molecular weight is 334 g/mol. The third-order valence-electron chi connectivity index (χ3n) is 3.93. The van der Waals surface area contributed by atoms with E-state index in [2.05, 4.69) is 0 Å². The molecule has 0 saturated carbocycles. The summed E-state index contributed by atoms with van der Waals surface area (Å²) in [6.07, 6.45) is 2.91. The number of carbonyl (C=O) groups excluding carboxylic acids is 3. The zero-order valence-electron chi connectivity index (χ0n) is 14.5. The van der Waals surface area contributed by atoms with Gasteiger partial charge in [-0.05, 0) is 38.7 Å². The second kappa shape index (κ2) is 10.6. The maximum Gasteiger partial charge on any atom is 0.323 e. The average Bonchev–Trinajstić information content (AvgIpc) is 2.59. The normalized spacial score (nSPS) is 10.9. The van der Waals surface area contributed by atoms with E-state index in [4.69, 9.17) is 9.47 Å². The molecule has 0 bridgehead atoms. The first kappa shape index (κ1) is 19.9. The summed E-state index contributed by atoms with van der Waals surface area (Å²) >= 11 is 0. The van der Waals surface area contributed by atoms with Gasteiger partial charge in [0, 0.05) is 6.42 Å². The largest absolute Gasteiger partial charge is 0.465 e. The second-order valence-electron chi connectivity index (χ2n) is 5.59. The van der Waals surface area contributed by atoms with E-state index >= 15 is 0 Å². The highest BCUT2D eigenvalue weighted by atomic mass is 16.6. The third-order valence-corrected chi connectivity index (χ3v) is 3.93. The van der Waals surface area contributed by atoms with E-state index in [0.29, 0.717) is 12.7 Å². The lowest BCUT2D eigenvalue weighted by Crippen LogP contribution is -2.42. The van der Waals surface area contributed by atoms with Crippen LogP contribution in [0.15, 0.2) is 30.3 Å². The van der Waals surface area contributed by atoms with Gasteiger partial charge in [0.05, 0.1) is 13.2 Å². The lowest BCUT2D eigenvalue weighted by molar-refractivity contribution is -0.174. The lowest BCUT2D eigenvalue weighted by atomic mass is 9.79. The van der Waals surface area contributed by atoms with E-state index in [0.717, 1.165) is 12.8 Å². The van der Waals surface area contributed by atoms with Gasteiger partial charge in [0.15, 0.2) is 5.41 Å². The van der Waals surface area contributed by atoms with E-state index in [1.165, 1.54) is 5.56 Å². The Kier molecular flexibility index (Phi) is 8.76. The van der Waals surface area contributed by atoms with Crippen molar-refractivity contribution in [2.75, 3.05) is 13.2 Å². The molecular weight excluding hydrogens is 308 g/mol. The van der Waals surface area contributed by atoms with Crippen molar-refractivity contribution in [3.63, 3.8) is 0 Å². The van der Waals surface area contributed by atoms with Gasteiger partial charge in [-0.1, -0.05) is 36.8 Å². The van der Waals surface area contributed by atoms with Crippen molar-refractivity contribution in [3.05, 3.63) is 35.9 Å². The summed E-state index contributed by atoms with van der Waals surface area (Å²) in [4.78, 5) is 35.8. The summed E-state index contributed by atoms with van der Waals surface area (Å²) in [7, 11) is 0. The molecule has 24 heavy (non-hydrogen) atoms. The summed E-state index contributed by atoms with van der Waals surface area (Å²) in [5.41, 5.74) is -0.324. The molecule has 5 nitrogen and oxygen atoms in total. The zero-order chi connectivity index (χ0) is 17.8. The first-order chi connectivity index (χ1) is 11.6. The van der Waals surface area contributed by atoms with E-state index in [1.807, 2.05) is 30.3 Å². The van der Waals surface area contributed by atoms with Gasteiger partial charge in [0.1, 0.15) is 6.29 Å². The number of hydrogen-bond acceptors (Lipinski definition) is 5. The molecule has 132 valence electrons. The fraction of sp³-hybridized carbons (Fsp3) is 0.526. The third kappa shape index (κ3) is 5.48. The summed E-state index contributed by atoms with van der Waals surface area (Å²) in [5, 5.41) is 0. The second-order valence-corrected chi connectivity index (χ2v) is 5.59. The van der Waals surface area contributed by atoms with Crippen molar-refractivity contribution in [1.29, 1.82) is 0 Å². The minimum atomic E-state index is -1.52. The van der Waals surface area contributed by atoms with Crippen molar-refractivity contribution in [1.82, 2.24) is 0 Å². The van der Waals surface area contributed by atoms with Crippen LogP contribution in [0.5, 0.6) is 0 Å². The first-order valence-electron chi connectivity index (χ1n) is 8.42. The monoisotopic (exact) mass is 334 g/mol. The van der Waals surface area contributed by atoms with E-state index in [9.17, 15) is 14.4 Å². The number of esters is 2. The topological polar surface area (TPSA) is 69.7 Å². The maximum atomic E-state index is 12.4. The molecule has 0 aliphatic carbocycles. The molecule has 0 unspecified atom stereocenters. The molecule has 0 aliphatic heterocycles. The van der Waals surface area contributed by atoms with Gasteiger partial charge in [0.2, 0.25) is 0 Å². The van der Waals surface area contributed by atoms with Crippen molar-refractivity contribution in [2.45, 2.75) is 46.0 Å². The first-order valence-corrected chi connectivity index (χ1v) is 8.42. The highest BCUT2D eigenvalue weighted by molar-refractivity contribution is 6.01. The number of rotatable bonds is 11. The molecular formula is C19H26O5. The summed E-state index contributed by atoms with van der Waals surface area (Å²) in [6, 6.07) is 9.98. The van der Waals surface area contributed by atoms with Crippen LogP contribution in [-0.4, -0.2) is 31.4 Å². The molecule has 0 atom stereocenters. The number of carbonyl (C=O) groups is 3. The van der Waals surface area contributed by atoms with Crippen LogP contribution in [0.4, 0.5) is 0 Å². The summed E-state index contributed by atoms with van der Waals surface area (Å²) in [5.74, 6) is -1.34. The van der Waals surface area contributed by atoms with Gasteiger partial charge in [-0.15, -0.1) is 0 Å². The SMILES string of the molecule is CCOC(=O)C(CC=O)(CCCCc1ccccc1)C(=O)OCC. The quantitative estimate of drug-likeness (QED) is 0.269. The zero-order valence-corrected chi connectivity index (χ0v) is 14.5. The molecule has 0 aromatic heterocycles. The molecule has 0 aliphatic rings. The highest BCUT2D eigenvalue weighted by Crippen LogP contribution is 2.32. The summed E-state index contributed by atoms with van der Waals surface area (Å²) in [6.45, 7) is 3.65. The Labute approximate surface area is 143 Å². The van der Waals surface area contributed by atoms with Crippen molar-refractivity contribution < 1.29 is 23.9 Å². The molecule has 0 radical (unpaired) electrons. The van der Waals surface area contributed by atoms with Gasteiger partial charge < -0.3 is 14.3 Å². The van der Waals surface area contributed by atoms with Crippen molar-refractivity contribution >= 4 is 18.2 Å². The molecule has 0 saturated heterocycles. The lowest BCUT2D eigenvalue weighted by Gasteiger charge is -2.27. The molecule has 5 heteroatoms. The number of hydrogen-bond donors (Lipinski definition) is 0. The molecule has 0 fully saturated rings. The number of aldehydes is 1. The van der Waals surface area contributed by atoms with Crippen molar-refractivity contribution in [3.8, 4) is 0 Å². The fourth-order valence-electron chi connectivity index (χ4n) is 2.64. The number of aryl methyl sites for hydroxylation is 1. The molecule has 0 heterocycles. The smallest absolute Gasteiger partial charge is 0.323 e. The van der Waals surface area contributed by atoms with E-state index < -0.39 is 17.4 Å². The van der Waals surface area contributed by atoms with Gasteiger partial charge >= 0.3 is 11.9 Å².